The van der Waals surface area contributed by atoms with Crippen LogP contribution in [-0.4, -0.2) is 32.9 Å². The van der Waals surface area contributed by atoms with Crippen molar-refractivity contribution >= 4 is 31.7 Å². The number of aliphatic imine (C=N–C) groups is 1. The third-order valence-corrected chi connectivity index (χ3v) is 6.57. The molecule has 0 saturated carbocycles. The first-order chi connectivity index (χ1) is 12.6. The minimum Gasteiger partial charge on any atom is -0.366 e. The summed E-state index contributed by atoms with van der Waals surface area (Å²) in [6.45, 7) is 14.5. The fraction of sp³-hybridized carbons (Fsp3) is 0.435. The van der Waals surface area contributed by atoms with Gasteiger partial charge in [-0.05, 0) is 73.2 Å². The van der Waals surface area contributed by atoms with Gasteiger partial charge < -0.3 is 4.90 Å². The quantitative estimate of drug-likeness (QED) is 0.291. The van der Waals surface area contributed by atoms with Crippen molar-refractivity contribution in [1.29, 1.82) is 0 Å². The molecule has 0 spiro atoms. The van der Waals surface area contributed by atoms with Gasteiger partial charge in [-0.3, -0.25) is 0 Å². The van der Waals surface area contributed by atoms with Gasteiger partial charge in [0.25, 0.3) is 0 Å². The molecule has 146 valence electrons. The highest BCUT2D eigenvalue weighted by atomic mass is 35.5. The number of hydrogen-bond acceptors (Lipinski definition) is 1. The Bertz CT molecular complexity index is 822. The Morgan fingerprint density at radius 2 is 1.74 bits per heavy atom. The Balaban J connectivity index is 2.21. The molecule has 2 nitrogen and oxygen atoms in total. The van der Waals surface area contributed by atoms with Gasteiger partial charge >= 0.3 is 0 Å². The fourth-order valence-corrected chi connectivity index (χ4v) is 4.90. The highest BCUT2D eigenvalue weighted by molar-refractivity contribution is 6.75. The SMILES string of the molecule is CCN(C)C=Nc1cc(C)c(Cc2ccc(C[Si](C)(C)C)c(Cl)c2)cc1C. The number of aryl methyl sites for hydroxylation is 2. The van der Waals surface area contributed by atoms with E-state index in [1.807, 2.05) is 13.4 Å². The van der Waals surface area contributed by atoms with Crippen LogP contribution in [0.5, 0.6) is 0 Å². The smallest absolute Gasteiger partial charge is 0.0909 e. The molecule has 0 fully saturated rings. The highest BCUT2D eigenvalue weighted by Gasteiger charge is 2.16. The van der Waals surface area contributed by atoms with Crippen LogP contribution < -0.4 is 0 Å². The van der Waals surface area contributed by atoms with Gasteiger partial charge in [0.15, 0.2) is 0 Å². The molecular weight excluding hydrogens is 368 g/mol. The molecule has 2 rings (SSSR count). The van der Waals surface area contributed by atoms with E-state index < -0.39 is 8.07 Å². The maximum Gasteiger partial charge on any atom is 0.0909 e. The van der Waals surface area contributed by atoms with E-state index in [0.717, 1.165) is 29.7 Å². The van der Waals surface area contributed by atoms with Crippen LogP contribution in [0.4, 0.5) is 5.69 Å². The second kappa shape index (κ2) is 9.07. The van der Waals surface area contributed by atoms with Crippen LogP contribution in [0.25, 0.3) is 0 Å². The van der Waals surface area contributed by atoms with Gasteiger partial charge in [0.1, 0.15) is 0 Å². The van der Waals surface area contributed by atoms with E-state index in [-0.39, 0.29) is 0 Å². The molecule has 27 heavy (non-hydrogen) atoms. The van der Waals surface area contributed by atoms with Crippen molar-refractivity contribution in [3.63, 3.8) is 0 Å². The number of hydrogen-bond donors (Lipinski definition) is 0. The van der Waals surface area contributed by atoms with Gasteiger partial charge in [-0.2, -0.15) is 0 Å². The molecule has 2 aromatic carbocycles. The van der Waals surface area contributed by atoms with E-state index >= 15 is 0 Å². The lowest BCUT2D eigenvalue weighted by Crippen LogP contribution is -2.24. The molecule has 0 unspecified atom stereocenters. The molecule has 0 radical (unpaired) electrons. The first-order valence-corrected chi connectivity index (χ1v) is 13.8. The summed E-state index contributed by atoms with van der Waals surface area (Å²) in [5.41, 5.74) is 7.41. The molecule has 0 amide bonds. The summed E-state index contributed by atoms with van der Waals surface area (Å²) in [6, 6.07) is 12.2. The predicted molar refractivity (Wildman–Crippen MR) is 124 cm³/mol. The van der Waals surface area contributed by atoms with Crippen molar-refractivity contribution < 1.29 is 0 Å². The van der Waals surface area contributed by atoms with Crippen LogP contribution in [0.1, 0.15) is 34.7 Å². The van der Waals surface area contributed by atoms with E-state index in [2.05, 4.69) is 80.6 Å². The first-order valence-electron chi connectivity index (χ1n) is 9.71. The molecule has 0 aliphatic rings. The maximum atomic E-state index is 6.58. The Hall–Kier alpha value is -1.58. The summed E-state index contributed by atoms with van der Waals surface area (Å²) in [5.74, 6) is 0. The Kier molecular flexibility index (Phi) is 7.30. The van der Waals surface area contributed by atoms with Crippen molar-refractivity contribution in [3.05, 3.63) is 63.2 Å². The molecule has 0 aromatic heterocycles. The number of rotatable bonds is 7. The third-order valence-electron chi connectivity index (χ3n) is 4.78. The van der Waals surface area contributed by atoms with Crippen molar-refractivity contribution in [2.75, 3.05) is 13.6 Å². The lowest BCUT2D eigenvalue weighted by molar-refractivity contribution is 0.552. The summed E-state index contributed by atoms with van der Waals surface area (Å²) in [5, 5.41) is 0.910. The molecule has 0 N–H and O–H groups in total. The van der Waals surface area contributed by atoms with Crippen LogP contribution in [0, 0.1) is 13.8 Å². The zero-order chi connectivity index (χ0) is 20.2. The van der Waals surface area contributed by atoms with Gasteiger partial charge in [-0.1, -0.05) is 49.4 Å². The largest absolute Gasteiger partial charge is 0.366 e. The maximum absolute atomic E-state index is 6.58. The second-order valence-corrected chi connectivity index (χ2v) is 14.6. The van der Waals surface area contributed by atoms with Crippen molar-refractivity contribution in [3.8, 4) is 0 Å². The normalized spacial score (nSPS) is 12.0. The van der Waals surface area contributed by atoms with Crippen molar-refractivity contribution in [2.24, 2.45) is 4.99 Å². The fourth-order valence-electron chi connectivity index (χ4n) is 3.07. The molecule has 4 heteroatoms. The van der Waals surface area contributed by atoms with Gasteiger partial charge in [0.05, 0.1) is 12.0 Å². The lowest BCUT2D eigenvalue weighted by atomic mass is 9.97. The van der Waals surface area contributed by atoms with Crippen molar-refractivity contribution in [2.45, 2.75) is 52.9 Å². The van der Waals surface area contributed by atoms with E-state index in [1.54, 1.807) is 0 Å². The number of halogens is 1. The third kappa shape index (κ3) is 6.51. The zero-order valence-electron chi connectivity index (χ0n) is 17.9. The summed E-state index contributed by atoms with van der Waals surface area (Å²) in [7, 11) is 0.873. The minimum absolute atomic E-state index is 0.901. The summed E-state index contributed by atoms with van der Waals surface area (Å²) < 4.78 is 0. The minimum atomic E-state index is -1.16. The standard InChI is InChI=1S/C23H33ClN2Si/c1-8-26(4)16-25-23-12-17(2)21(11-18(23)3)13-19-9-10-20(22(24)14-19)15-27(5,6)7/h9-12,14,16H,8,13,15H2,1-7H3. The molecule has 2 aromatic rings. The van der Waals surface area contributed by atoms with Crippen molar-refractivity contribution in [1.82, 2.24) is 4.90 Å². The number of benzene rings is 2. The first kappa shape index (κ1) is 21.7. The summed E-state index contributed by atoms with van der Waals surface area (Å²) in [6.07, 6.45) is 2.80. The molecule has 0 bridgehead atoms. The molecule has 0 heterocycles. The molecule has 0 atom stereocenters. The van der Waals surface area contributed by atoms with Crippen LogP contribution in [0.3, 0.4) is 0 Å². The molecule has 0 aliphatic heterocycles. The monoisotopic (exact) mass is 400 g/mol. The van der Waals surface area contributed by atoms with E-state index in [4.69, 9.17) is 11.6 Å². The Morgan fingerprint density at radius 3 is 2.33 bits per heavy atom. The molecular formula is C23H33ClN2Si. The second-order valence-electron chi connectivity index (χ2n) is 8.72. The summed E-state index contributed by atoms with van der Waals surface area (Å²) in [4.78, 5) is 6.71. The van der Waals surface area contributed by atoms with E-state index in [0.29, 0.717) is 0 Å². The van der Waals surface area contributed by atoms with Gasteiger partial charge in [0.2, 0.25) is 0 Å². The Morgan fingerprint density at radius 1 is 1.04 bits per heavy atom. The van der Waals surface area contributed by atoms with Gasteiger partial charge in [0, 0.05) is 26.7 Å². The summed E-state index contributed by atoms with van der Waals surface area (Å²) >= 11 is 6.58. The average molecular weight is 401 g/mol. The molecule has 0 saturated heterocycles. The van der Waals surface area contributed by atoms with Crippen LogP contribution in [-0.2, 0) is 12.5 Å². The topological polar surface area (TPSA) is 15.6 Å². The van der Waals surface area contributed by atoms with Gasteiger partial charge in [-0.25, -0.2) is 4.99 Å². The van der Waals surface area contributed by atoms with Crippen LogP contribution in [0.15, 0.2) is 35.3 Å². The zero-order valence-corrected chi connectivity index (χ0v) is 19.6. The van der Waals surface area contributed by atoms with Crippen LogP contribution in [0.2, 0.25) is 24.7 Å². The Labute approximate surface area is 171 Å². The predicted octanol–water partition coefficient (Wildman–Crippen LogP) is 6.58. The number of nitrogens with zero attached hydrogens (tertiary/aromatic N) is 2. The average Bonchev–Trinajstić information content (AvgIpc) is 2.57. The molecule has 0 aliphatic carbocycles. The van der Waals surface area contributed by atoms with Gasteiger partial charge in [-0.15, -0.1) is 0 Å². The highest BCUT2D eigenvalue weighted by Crippen LogP contribution is 2.27. The van der Waals surface area contributed by atoms with Crippen LogP contribution >= 0.6 is 11.6 Å². The lowest BCUT2D eigenvalue weighted by Gasteiger charge is -2.17. The van der Waals surface area contributed by atoms with E-state index in [9.17, 15) is 0 Å². The van der Waals surface area contributed by atoms with E-state index in [1.165, 1.54) is 27.8 Å².